The SMILES string of the molecule is COCc1cc(=O)c2cc3c(cc2[nH]1)OCO3. The first-order chi connectivity index (χ1) is 8.28. The van der Waals surface area contributed by atoms with Crippen molar-refractivity contribution in [2.24, 2.45) is 0 Å². The van der Waals surface area contributed by atoms with Crippen molar-refractivity contribution in [2.45, 2.75) is 6.61 Å². The molecule has 2 heterocycles. The second-order valence-corrected chi connectivity index (χ2v) is 3.84. The Bertz CT molecular complexity index is 632. The van der Waals surface area contributed by atoms with E-state index in [0.717, 1.165) is 11.2 Å². The van der Waals surface area contributed by atoms with Crippen LogP contribution in [0.1, 0.15) is 5.69 Å². The highest BCUT2D eigenvalue weighted by atomic mass is 16.7. The molecule has 5 heteroatoms. The van der Waals surface area contributed by atoms with Gasteiger partial charge in [0.2, 0.25) is 6.79 Å². The van der Waals surface area contributed by atoms with Crippen LogP contribution in [0.15, 0.2) is 23.0 Å². The summed E-state index contributed by atoms with van der Waals surface area (Å²) in [6, 6.07) is 5.01. The normalized spacial score (nSPS) is 13.2. The van der Waals surface area contributed by atoms with Crippen molar-refractivity contribution >= 4 is 10.9 Å². The van der Waals surface area contributed by atoms with Gasteiger partial charge in [-0.15, -0.1) is 0 Å². The van der Waals surface area contributed by atoms with Gasteiger partial charge in [0.25, 0.3) is 0 Å². The Labute approximate surface area is 96.9 Å². The van der Waals surface area contributed by atoms with Gasteiger partial charge < -0.3 is 19.2 Å². The molecule has 0 fully saturated rings. The molecule has 0 spiro atoms. The number of methoxy groups -OCH3 is 1. The van der Waals surface area contributed by atoms with Gasteiger partial charge in [-0.05, 0) is 6.07 Å². The number of H-pyrrole nitrogens is 1. The van der Waals surface area contributed by atoms with Gasteiger partial charge in [0.15, 0.2) is 16.9 Å². The standard InChI is InChI=1S/C12H11NO4/c1-15-5-7-2-10(14)8-3-11-12(17-6-16-11)4-9(8)13-7/h2-4H,5-6H2,1H3,(H,13,14). The van der Waals surface area contributed by atoms with Crippen molar-refractivity contribution in [3.63, 3.8) is 0 Å². The van der Waals surface area contributed by atoms with Crippen LogP contribution < -0.4 is 14.9 Å². The van der Waals surface area contributed by atoms with E-state index in [0.29, 0.717) is 23.5 Å². The number of fused-ring (bicyclic) bond motifs is 2. The Kier molecular flexibility index (Phi) is 2.26. The summed E-state index contributed by atoms with van der Waals surface area (Å²) in [5.41, 5.74) is 1.42. The highest BCUT2D eigenvalue weighted by Crippen LogP contribution is 2.34. The van der Waals surface area contributed by atoms with Crippen molar-refractivity contribution < 1.29 is 14.2 Å². The number of nitrogens with one attached hydrogen (secondary N) is 1. The Morgan fingerprint density at radius 2 is 2.06 bits per heavy atom. The van der Waals surface area contributed by atoms with Crippen LogP contribution in [-0.2, 0) is 11.3 Å². The Hall–Kier alpha value is -2.01. The minimum Gasteiger partial charge on any atom is -0.454 e. The third-order valence-corrected chi connectivity index (χ3v) is 2.68. The summed E-state index contributed by atoms with van der Waals surface area (Å²) >= 11 is 0. The van der Waals surface area contributed by atoms with Gasteiger partial charge in [-0.1, -0.05) is 0 Å². The van der Waals surface area contributed by atoms with E-state index in [1.165, 1.54) is 6.07 Å². The smallest absolute Gasteiger partial charge is 0.231 e. The molecule has 88 valence electrons. The summed E-state index contributed by atoms with van der Waals surface area (Å²) in [5.74, 6) is 1.27. The third kappa shape index (κ3) is 1.64. The van der Waals surface area contributed by atoms with Crippen LogP contribution in [-0.4, -0.2) is 18.9 Å². The average Bonchev–Trinajstić information content (AvgIpc) is 2.74. The second-order valence-electron chi connectivity index (χ2n) is 3.84. The van der Waals surface area contributed by atoms with E-state index in [4.69, 9.17) is 14.2 Å². The Morgan fingerprint density at radius 3 is 2.82 bits per heavy atom. The Morgan fingerprint density at radius 1 is 1.29 bits per heavy atom. The first kappa shape index (κ1) is 10.2. The second kappa shape index (κ2) is 3.78. The number of aromatic amines is 1. The molecule has 0 saturated carbocycles. The molecule has 1 aromatic heterocycles. The zero-order valence-corrected chi connectivity index (χ0v) is 9.28. The van der Waals surface area contributed by atoms with E-state index in [-0.39, 0.29) is 12.2 Å². The summed E-state index contributed by atoms with van der Waals surface area (Å²) in [4.78, 5) is 15.0. The highest BCUT2D eigenvalue weighted by molar-refractivity contribution is 5.82. The van der Waals surface area contributed by atoms with Crippen LogP contribution in [0.2, 0.25) is 0 Å². The lowest BCUT2D eigenvalue weighted by Gasteiger charge is -2.04. The van der Waals surface area contributed by atoms with Gasteiger partial charge >= 0.3 is 0 Å². The van der Waals surface area contributed by atoms with E-state index in [1.807, 2.05) is 0 Å². The molecule has 5 nitrogen and oxygen atoms in total. The fraction of sp³-hybridized carbons (Fsp3) is 0.250. The summed E-state index contributed by atoms with van der Waals surface area (Å²) in [6.45, 7) is 0.574. The summed E-state index contributed by atoms with van der Waals surface area (Å²) in [6.07, 6.45) is 0. The maximum Gasteiger partial charge on any atom is 0.231 e. The number of benzene rings is 1. The molecule has 17 heavy (non-hydrogen) atoms. The van der Waals surface area contributed by atoms with Gasteiger partial charge in [0.05, 0.1) is 12.1 Å². The topological polar surface area (TPSA) is 60.6 Å². The monoisotopic (exact) mass is 233 g/mol. The largest absolute Gasteiger partial charge is 0.454 e. The van der Waals surface area contributed by atoms with Crippen LogP contribution in [0.3, 0.4) is 0 Å². The van der Waals surface area contributed by atoms with E-state index >= 15 is 0 Å². The van der Waals surface area contributed by atoms with E-state index < -0.39 is 0 Å². The number of ether oxygens (including phenoxy) is 3. The molecular weight excluding hydrogens is 222 g/mol. The number of hydrogen-bond acceptors (Lipinski definition) is 4. The third-order valence-electron chi connectivity index (χ3n) is 2.68. The van der Waals surface area contributed by atoms with Crippen LogP contribution in [0, 0.1) is 0 Å². The summed E-state index contributed by atoms with van der Waals surface area (Å²) in [7, 11) is 1.59. The van der Waals surface area contributed by atoms with Crippen LogP contribution >= 0.6 is 0 Å². The van der Waals surface area contributed by atoms with Crippen molar-refractivity contribution in [3.8, 4) is 11.5 Å². The first-order valence-electron chi connectivity index (χ1n) is 5.22. The van der Waals surface area contributed by atoms with Crippen molar-refractivity contribution in [1.29, 1.82) is 0 Å². The van der Waals surface area contributed by atoms with Crippen LogP contribution in [0.5, 0.6) is 11.5 Å². The van der Waals surface area contributed by atoms with E-state index in [2.05, 4.69) is 4.98 Å². The minimum atomic E-state index is -0.0518. The number of aromatic nitrogens is 1. The molecule has 0 radical (unpaired) electrons. The lowest BCUT2D eigenvalue weighted by atomic mass is 10.1. The Balaban J connectivity index is 2.24. The molecule has 0 saturated heterocycles. The fourth-order valence-corrected chi connectivity index (χ4v) is 1.93. The molecule has 1 aliphatic rings. The maximum absolute atomic E-state index is 11.9. The zero-order chi connectivity index (χ0) is 11.8. The molecule has 0 aliphatic carbocycles. The zero-order valence-electron chi connectivity index (χ0n) is 9.28. The molecular formula is C12H11NO4. The molecule has 1 aromatic carbocycles. The molecule has 0 atom stereocenters. The van der Waals surface area contributed by atoms with Crippen molar-refractivity contribution in [3.05, 3.63) is 34.1 Å². The molecule has 0 bridgehead atoms. The number of hydrogen-bond donors (Lipinski definition) is 1. The van der Waals surface area contributed by atoms with Crippen molar-refractivity contribution in [2.75, 3.05) is 13.9 Å². The molecule has 0 amide bonds. The quantitative estimate of drug-likeness (QED) is 0.851. The number of pyridine rings is 1. The summed E-state index contributed by atoms with van der Waals surface area (Å²) in [5, 5.41) is 0.592. The lowest BCUT2D eigenvalue weighted by Crippen LogP contribution is -2.05. The highest BCUT2D eigenvalue weighted by Gasteiger charge is 2.15. The average molecular weight is 233 g/mol. The predicted molar refractivity (Wildman–Crippen MR) is 61.4 cm³/mol. The van der Waals surface area contributed by atoms with Gasteiger partial charge in [0.1, 0.15) is 0 Å². The van der Waals surface area contributed by atoms with Gasteiger partial charge in [0, 0.05) is 30.3 Å². The first-order valence-corrected chi connectivity index (χ1v) is 5.22. The number of rotatable bonds is 2. The van der Waals surface area contributed by atoms with Crippen molar-refractivity contribution in [1.82, 2.24) is 4.98 Å². The van der Waals surface area contributed by atoms with Gasteiger partial charge in [-0.25, -0.2) is 0 Å². The summed E-state index contributed by atoms with van der Waals surface area (Å²) < 4.78 is 15.5. The van der Waals surface area contributed by atoms with Gasteiger partial charge in [-0.3, -0.25) is 4.79 Å². The fourth-order valence-electron chi connectivity index (χ4n) is 1.93. The minimum absolute atomic E-state index is 0.0518. The molecule has 2 aromatic rings. The van der Waals surface area contributed by atoms with Gasteiger partial charge in [-0.2, -0.15) is 0 Å². The molecule has 1 N–H and O–H groups in total. The molecule has 0 unspecified atom stereocenters. The van der Waals surface area contributed by atoms with E-state index in [1.54, 1.807) is 19.2 Å². The predicted octanol–water partition coefficient (Wildman–Crippen LogP) is 1.40. The van der Waals surface area contributed by atoms with E-state index in [9.17, 15) is 4.79 Å². The van der Waals surface area contributed by atoms with Crippen LogP contribution in [0.4, 0.5) is 0 Å². The van der Waals surface area contributed by atoms with Crippen LogP contribution in [0.25, 0.3) is 10.9 Å². The lowest BCUT2D eigenvalue weighted by molar-refractivity contribution is 0.174. The molecule has 3 rings (SSSR count). The maximum atomic E-state index is 11.9. The molecule has 1 aliphatic heterocycles.